The molecule has 0 radical (unpaired) electrons. The Balaban J connectivity index is 1.74. The highest BCUT2D eigenvalue weighted by molar-refractivity contribution is 7.12. The number of primary amides is 1. The van der Waals surface area contributed by atoms with Gasteiger partial charge in [0.15, 0.2) is 6.61 Å². The van der Waals surface area contributed by atoms with Gasteiger partial charge in [0.2, 0.25) is 0 Å². The molecule has 0 saturated heterocycles. The minimum Gasteiger partial charge on any atom is -0.484 e. The number of para-hydroxylation sites is 1. The van der Waals surface area contributed by atoms with Crippen LogP contribution in [0.5, 0.6) is 5.75 Å². The third-order valence-corrected chi connectivity index (χ3v) is 4.51. The lowest BCUT2D eigenvalue weighted by atomic mass is 10.1. The maximum Gasteiger partial charge on any atom is 0.265 e. The highest BCUT2D eigenvalue weighted by Gasteiger charge is 2.15. The van der Waals surface area contributed by atoms with Crippen LogP contribution in [0.25, 0.3) is 0 Å². The third kappa shape index (κ3) is 4.95. The summed E-state index contributed by atoms with van der Waals surface area (Å²) in [6, 6.07) is 16.8. The van der Waals surface area contributed by atoms with Gasteiger partial charge in [0, 0.05) is 11.8 Å². The number of anilines is 2. The maximum absolute atomic E-state index is 12.7. The molecule has 3 amide bonds. The number of ether oxygens (including phenoxy) is 1. The molecular formula is C20H17N3O4S. The molecule has 2 aromatic carbocycles. The number of rotatable bonds is 7. The summed E-state index contributed by atoms with van der Waals surface area (Å²) in [5.41, 5.74) is 6.26. The van der Waals surface area contributed by atoms with Gasteiger partial charge in [-0.1, -0.05) is 24.3 Å². The van der Waals surface area contributed by atoms with Gasteiger partial charge in [-0.05, 0) is 35.7 Å². The van der Waals surface area contributed by atoms with Gasteiger partial charge in [-0.15, -0.1) is 11.3 Å². The monoisotopic (exact) mass is 395 g/mol. The molecule has 4 N–H and O–H groups in total. The van der Waals surface area contributed by atoms with Crippen molar-refractivity contribution >= 4 is 40.4 Å². The van der Waals surface area contributed by atoms with Gasteiger partial charge in [-0.2, -0.15) is 0 Å². The summed E-state index contributed by atoms with van der Waals surface area (Å²) in [5, 5.41) is 7.32. The third-order valence-electron chi connectivity index (χ3n) is 3.64. The molecule has 0 aliphatic heterocycles. The van der Waals surface area contributed by atoms with Gasteiger partial charge < -0.3 is 21.1 Å². The summed E-state index contributed by atoms with van der Waals surface area (Å²) < 4.78 is 5.23. The first-order valence-corrected chi connectivity index (χ1v) is 9.17. The van der Waals surface area contributed by atoms with Crippen LogP contribution in [0.4, 0.5) is 11.4 Å². The van der Waals surface area contributed by atoms with Crippen LogP contribution in [-0.4, -0.2) is 24.3 Å². The number of thiophene rings is 1. The number of nitrogens with two attached hydrogens (primary N) is 1. The number of benzene rings is 2. The molecule has 3 rings (SSSR count). The van der Waals surface area contributed by atoms with Crippen molar-refractivity contribution in [1.82, 2.24) is 0 Å². The summed E-state index contributed by atoms with van der Waals surface area (Å²) in [6.45, 7) is -0.255. The summed E-state index contributed by atoms with van der Waals surface area (Å²) in [4.78, 5) is 36.4. The molecule has 0 saturated carbocycles. The molecule has 3 aromatic rings. The van der Waals surface area contributed by atoms with E-state index in [-0.39, 0.29) is 12.5 Å². The first kappa shape index (κ1) is 19.1. The molecule has 1 heterocycles. The maximum atomic E-state index is 12.7. The highest BCUT2D eigenvalue weighted by Crippen LogP contribution is 2.21. The zero-order valence-corrected chi connectivity index (χ0v) is 15.5. The number of carbonyl (C=O) groups excluding carboxylic acids is 3. The van der Waals surface area contributed by atoms with Crippen molar-refractivity contribution in [2.45, 2.75) is 0 Å². The van der Waals surface area contributed by atoms with Crippen molar-refractivity contribution in [1.29, 1.82) is 0 Å². The zero-order valence-electron chi connectivity index (χ0n) is 14.7. The van der Waals surface area contributed by atoms with Crippen LogP contribution in [0, 0.1) is 0 Å². The van der Waals surface area contributed by atoms with E-state index >= 15 is 0 Å². The van der Waals surface area contributed by atoms with Crippen LogP contribution < -0.4 is 21.1 Å². The summed E-state index contributed by atoms with van der Waals surface area (Å²) in [6.07, 6.45) is 0. The molecule has 0 atom stereocenters. The fourth-order valence-electron chi connectivity index (χ4n) is 2.40. The molecular weight excluding hydrogens is 378 g/mol. The van der Waals surface area contributed by atoms with Crippen LogP contribution >= 0.6 is 11.3 Å². The van der Waals surface area contributed by atoms with E-state index in [1.807, 2.05) is 0 Å². The topological polar surface area (TPSA) is 111 Å². The Kier molecular flexibility index (Phi) is 6.03. The van der Waals surface area contributed by atoms with Crippen LogP contribution in [0.1, 0.15) is 20.0 Å². The minimum absolute atomic E-state index is 0.255. The summed E-state index contributed by atoms with van der Waals surface area (Å²) in [7, 11) is 0. The average Bonchev–Trinajstić information content (AvgIpc) is 3.22. The second-order valence-electron chi connectivity index (χ2n) is 5.71. The van der Waals surface area contributed by atoms with Gasteiger partial charge in [0.1, 0.15) is 5.75 Å². The second kappa shape index (κ2) is 8.83. The van der Waals surface area contributed by atoms with E-state index in [9.17, 15) is 14.4 Å². The standard InChI is InChI=1S/C20H17N3O4S/c21-18(24)12-27-14-6-3-5-13(11-14)22-19(25)15-7-1-2-8-16(15)23-20(26)17-9-4-10-28-17/h1-11H,12H2,(H2,21,24)(H,22,25)(H,23,26). The van der Waals surface area contributed by atoms with Crippen molar-refractivity contribution in [2.24, 2.45) is 5.73 Å². The Bertz CT molecular complexity index is 1000. The largest absolute Gasteiger partial charge is 0.484 e. The lowest BCUT2D eigenvalue weighted by Crippen LogP contribution is -2.20. The zero-order chi connectivity index (χ0) is 19.9. The number of carbonyl (C=O) groups is 3. The molecule has 0 spiro atoms. The Morgan fingerprint density at radius 2 is 1.75 bits per heavy atom. The number of hydrogen-bond acceptors (Lipinski definition) is 5. The lowest BCUT2D eigenvalue weighted by Gasteiger charge is -2.12. The highest BCUT2D eigenvalue weighted by atomic mass is 32.1. The molecule has 0 fully saturated rings. The molecule has 1 aromatic heterocycles. The van der Waals surface area contributed by atoms with Gasteiger partial charge in [0.05, 0.1) is 16.1 Å². The van der Waals surface area contributed by atoms with Crippen molar-refractivity contribution in [3.63, 3.8) is 0 Å². The first-order chi connectivity index (χ1) is 13.5. The van der Waals surface area contributed by atoms with E-state index in [2.05, 4.69) is 10.6 Å². The molecule has 0 aliphatic rings. The minimum atomic E-state index is -0.593. The summed E-state index contributed by atoms with van der Waals surface area (Å²) >= 11 is 1.32. The fraction of sp³-hybridized carbons (Fsp3) is 0.0500. The molecule has 28 heavy (non-hydrogen) atoms. The van der Waals surface area contributed by atoms with Gasteiger partial charge in [0.25, 0.3) is 17.7 Å². The average molecular weight is 395 g/mol. The van der Waals surface area contributed by atoms with Crippen LogP contribution in [0.15, 0.2) is 66.0 Å². The number of hydrogen-bond donors (Lipinski definition) is 3. The van der Waals surface area contributed by atoms with Gasteiger partial charge in [-0.3, -0.25) is 14.4 Å². The summed E-state index contributed by atoms with van der Waals surface area (Å²) in [5.74, 6) is -0.869. The van der Waals surface area contributed by atoms with E-state index in [0.717, 1.165) is 0 Å². The van der Waals surface area contributed by atoms with Crippen molar-refractivity contribution < 1.29 is 19.1 Å². The van der Waals surface area contributed by atoms with Gasteiger partial charge >= 0.3 is 0 Å². The van der Waals surface area contributed by atoms with Crippen LogP contribution in [-0.2, 0) is 4.79 Å². The second-order valence-corrected chi connectivity index (χ2v) is 6.66. The quantitative estimate of drug-likeness (QED) is 0.571. The Morgan fingerprint density at radius 1 is 0.929 bits per heavy atom. The van der Waals surface area contributed by atoms with E-state index < -0.39 is 11.8 Å². The predicted octanol–water partition coefficient (Wildman–Crippen LogP) is 3.12. The Labute approximate surface area is 165 Å². The van der Waals surface area contributed by atoms with Crippen LogP contribution in [0.3, 0.4) is 0 Å². The molecule has 8 heteroatoms. The van der Waals surface area contributed by atoms with E-state index in [4.69, 9.17) is 10.5 Å². The predicted molar refractivity (Wildman–Crippen MR) is 108 cm³/mol. The van der Waals surface area contributed by atoms with E-state index in [1.54, 1.807) is 66.0 Å². The van der Waals surface area contributed by atoms with E-state index in [1.165, 1.54) is 11.3 Å². The van der Waals surface area contributed by atoms with Crippen molar-refractivity contribution in [2.75, 3.05) is 17.2 Å². The molecule has 0 unspecified atom stereocenters. The smallest absolute Gasteiger partial charge is 0.265 e. The van der Waals surface area contributed by atoms with Crippen molar-refractivity contribution in [3.8, 4) is 5.75 Å². The van der Waals surface area contributed by atoms with Crippen LogP contribution in [0.2, 0.25) is 0 Å². The number of nitrogens with one attached hydrogen (secondary N) is 2. The normalized spacial score (nSPS) is 10.1. The first-order valence-electron chi connectivity index (χ1n) is 8.29. The van der Waals surface area contributed by atoms with Crippen molar-refractivity contribution in [3.05, 3.63) is 76.5 Å². The molecule has 0 bridgehead atoms. The number of amides is 3. The van der Waals surface area contributed by atoms with E-state index in [0.29, 0.717) is 27.6 Å². The molecule has 142 valence electrons. The lowest BCUT2D eigenvalue weighted by molar-refractivity contribution is -0.119. The molecule has 0 aliphatic carbocycles. The molecule has 7 nitrogen and oxygen atoms in total. The Morgan fingerprint density at radius 3 is 2.50 bits per heavy atom. The fourth-order valence-corrected chi connectivity index (χ4v) is 3.02. The van der Waals surface area contributed by atoms with Gasteiger partial charge in [-0.25, -0.2) is 0 Å². The Hall–Kier alpha value is -3.65. The SMILES string of the molecule is NC(=O)COc1cccc(NC(=O)c2ccccc2NC(=O)c2cccs2)c1.